The van der Waals surface area contributed by atoms with Gasteiger partial charge >= 0.3 is 0 Å². The van der Waals surface area contributed by atoms with Gasteiger partial charge in [0.25, 0.3) is 0 Å². The summed E-state index contributed by atoms with van der Waals surface area (Å²) in [7, 11) is 0. The van der Waals surface area contributed by atoms with Gasteiger partial charge in [-0.05, 0) is 13.8 Å². The summed E-state index contributed by atoms with van der Waals surface area (Å²) in [5.41, 5.74) is 2.90. The first-order valence-corrected chi connectivity index (χ1v) is 8.07. The van der Waals surface area contributed by atoms with E-state index in [2.05, 4.69) is 43.1 Å². The van der Waals surface area contributed by atoms with Gasteiger partial charge in [0.15, 0.2) is 0 Å². The van der Waals surface area contributed by atoms with Gasteiger partial charge in [-0.15, -0.1) is 11.3 Å². The van der Waals surface area contributed by atoms with E-state index in [1.54, 1.807) is 10.3 Å². The molecule has 1 N–H and O–H groups in total. The van der Waals surface area contributed by atoms with Crippen molar-refractivity contribution in [2.45, 2.75) is 26.8 Å². The maximum atomic E-state index is 10.6. The molecular formula is C16H20N2O2S. The number of quaternary nitrogens is 1. The molecule has 0 amide bonds. The zero-order valence-corrected chi connectivity index (χ0v) is 13.2. The fourth-order valence-electron chi connectivity index (χ4n) is 2.22. The molecule has 0 unspecified atom stereocenters. The molecule has 0 atom stereocenters. The lowest BCUT2D eigenvalue weighted by Gasteiger charge is -2.15. The standard InChI is InChI=1S/C16H20N2O2S/c1-3-18(4-2)10-12-5-7-13(8-6-12)16-17-14(11-21-16)9-15(19)20/h5-8,11H,3-4,9-10H2,1-2H3,(H,19,20). The molecule has 0 fully saturated rings. The minimum atomic E-state index is -1.09. The maximum Gasteiger partial charge on any atom is 0.123 e. The first kappa shape index (κ1) is 15.7. The predicted octanol–water partition coefficient (Wildman–Crippen LogP) is 0.527. The molecule has 0 aliphatic rings. The molecule has 0 spiro atoms. The fraction of sp³-hybridized carbons (Fsp3) is 0.375. The van der Waals surface area contributed by atoms with E-state index in [1.165, 1.54) is 16.9 Å². The van der Waals surface area contributed by atoms with Gasteiger partial charge in [-0.2, -0.15) is 0 Å². The van der Waals surface area contributed by atoms with Gasteiger partial charge in [0.1, 0.15) is 11.6 Å². The second-order valence-corrected chi connectivity index (χ2v) is 5.88. The topological polar surface area (TPSA) is 57.5 Å². The number of nitrogens with zero attached hydrogens (tertiary/aromatic N) is 1. The van der Waals surface area contributed by atoms with Gasteiger partial charge in [-0.3, -0.25) is 0 Å². The molecule has 1 heterocycles. The summed E-state index contributed by atoms with van der Waals surface area (Å²) in [6.45, 7) is 7.67. The van der Waals surface area contributed by atoms with Crippen LogP contribution >= 0.6 is 11.3 Å². The first-order chi connectivity index (χ1) is 10.1. The highest BCUT2D eigenvalue weighted by molar-refractivity contribution is 7.13. The number of carbonyl (C=O) groups is 1. The quantitative estimate of drug-likeness (QED) is 0.812. The Hall–Kier alpha value is -1.72. The van der Waals surface area contributed by atoms with Crippen LogP contribution in [0.2, 0.25) is 0 Å². The van der Waals surface area contributed by atoms with Crippen molar-refractivity contribution in [2.24, 2.45) is 0 Å². The summed E-state index contributed by atoms with van der Waals surface area (Å²) in [6, 6.07) is 8.36. The molecule has 2 aromatic rings. The molecule has 5 heteroatoms. The highest BCUT2D eigenvalue weighted by atomic mass is 32.1. The highest BCUT2D eigenvalue weighted by Crippen LogP contribution is 2.24. The number of carboxylic acid groups (broad SMARTS) is 1. The van der Waals surface area contributed by atoms with E-state index in [9.17, 15) is 9.90 Å². The molecule has 1 aromatic carbocycles. The molecular weight excluding hydrogens is 284 g/mol. The Bertz CT molecular complexity index is 589. The third kappa shape index (κ3) is 4.37. The van der Waals surface area contributed by atoms with Gasteiger partial charge in [-0.25, -0.2) is 4.98 Å². The SMILES string of the molecule is CC[NH+](CC)Cc1ccc(-c2nc(CC(=O)[O-])cs2)cc1. The van der Waals surface area contributed by atoms with Crippen LogP contribution in [0.15, 0.2) is 29.6 Å². The largest absolute Gasteiger partial charge is 0.550 e. The van der Waals surface area contributed by atoms with Crippen LogP contribution in [0.1, 0.15) is 25.1 Å². The van der Waals surface area contributed by atoms with Crippen LogP contribution in [0, 0.1) is 0 Å². The van der Waals surface area contributed by atoms with Crippen molar-refractivity contribution in [2.75, 3.05) is 13.1 Å². The van der Waals surface area contributed by atoms with Crippen LogP contribution in [0.5, 0.6) is 0 Å². The summed E-state index contributed by atoms with van der Waals surface area (Å²) >= 11 is 1.47. The Kier molecular flexibility index (Phi) is 5.47. The second kappa shape index (κ2) is 7.33. The van der Waals surface area contributed by atoms with Crippen LogP contribution < -0.4 is 10.0 Å². The van der Waals surface area contributed by atoms with E-state index in [0.29, 0.717) is 5.69 Å². The van der Waals surface area contributed by atoms with Gasteiger partial charge in [0.05, 0.1) is 18.8 Å². The lowest BCUT2D eigenvalue weighted by molar-refractivity contribution is -0.910. The lowest BCUT2D eigenvalue weighted by atomic mass is 10.1. The smallest absolute Gasteiger partial charge is 0.123 e. The summed E-state index contributed by atoms with van der Waals surface area (Å²) < 4.78 is 0. The number of thiazole rings is 1. The zero-order chi connectivity index (χ0) is 15.2. The number of aliphatic carboxylic acids is 1. The number of aromatic nitrogens is 1. The predicted molar refractivity (Wildman–Crippen MR) is 82.0 cm³/mol. The van der Waals surface area contributed by atoms with Crippen molar-refractivity contribution in [3.8, 4) is 10.6 Å². The average Bonchev–Trinajstić information content (AvgIpc) is 2.93. The summed E-state index contributed by atoms with van der Waals surface area (Å²) in [4.78, 5) is 16.5. The van der Waals surface area contributed by atoms with Gasteiger partial charge in [0, 0.05) is 28.9 Å². The monoisotopic (exact) mass is 304 g/mol. The van der Waals surface area contributed by atoms with Crippen LogP contribution in [0.25, 0.3) is 10.6 Å². The molecule has 2 rings (SSSR count). The molecule has 0 saturated heterocycles. The average molecular weight is 304 g/mol. The summed E-state index contributed by atoms with van der Waals surface area (Å²) in [5.74, 6) is -1.09. The molecule has 112 valence electrons. The van der Waals surface area contributed by atoms with E-state index in [0.717, 1.165) is 30.2 Å². The van der Waals surface area contributed by atoms with E-state index in [-0.39, 0.29) is 6.42 Å². The third-order valence-electron chi connectivity index (χ3n) is 3.53. The Labute approximate surface area is 129 Å². The second-order valence-electron chi connectivity index (χ2n) is 5.02. The van der Waals surface area contributed by atoms with Crippen molar-refractivity contribution in [1.82, 2.24) is 4.98 Å². The fourth-order valence-corrected chi connectivity index (χ4v) is 3.05. The molecule has 0 bridgehead atoms. The molecule has 1 aromatic heterocycles. The molecule has 21 heavy (non-hydrogen) atoms. The zero-order valence-electron chi connectivity index (χ0n) is 12.4. The number of carbonyl (C=O) groups excluding carboxylic acids is 1. The lowest BCUT2D eigenvalue weighted by Crippen LogP contribution is -3.10. The molecule has 4 nitrogen and oxygen atoms in total. The molecule has 0 radical (unpaired) electrons. The minimum absolute atomic E-state index is 0.125. The van der Waals surface area contributed by atoms with Crippen molar-refractivity contribution < 1.29 is 14.8 Å². The number of rotatable bonds is 7. The van der Waals surface area contributed by atoms with Crippen LogP contribution in [0.4, 0.5) is 0 Å². The number of benzene rings is 1. The number of hydrogen-bond acceptors (Lipinski definition) is 4. The Morgan fingerprint density at radius 2 is 1.90 bits per heavy atom. The first-order valence-electron chi connectivity index (χ1n) is 7.19. The molecule has 0 aliphatic heterocycles. The van der Waals surface area contributed by atoms with Crippen LogP contribution in [-0.4, -0.2) is 24.0 Å². The van der Waals surface area contributed by atoms with Gasteiger partial charge < -0.3 is 14.8 Å². The van der Waals surface area contributed by atoms with Crippen molar-refractivity contribution >= 4 is 17.3 Å². The van der Waals surface area contributed by atoms with E-state index in [4.69, 9.17) is 0 Å². The molecule has 0 saturated carbocycles. The number of carboxylic acids is 1. The van der Waals surface area contributed by atoms with E-state index in [1.807, 2.05) is 0 Å². The molecule has 0 aliphatic carbocycles. The van der Waals surface area contributed by atoms with Crippen LogP contribution in [-0.2, 0) is 17.8 Å². The Balaban J connectivity index is 2.08. The van der Waals surface area contributed by atoms with Crippen molar-refractivity contribution in [1.29, 1.82) is 0 Å². The van der Waals surface area contributed by atoms with E-state index < -0.39 is 5.97 Å². The number of hydrogen-bond donors (Lipinski definition) is 1. The number of nitrogens with one attached hydrogen (secondary N) is 1. The highest BCUT2D eigenvalue weighted by Gasteiger charge is 2.07. The van der Waals surface area contributed by atoms with Crippen LogP contribution in [0.3, 0.4) is 0 Å². The van der Waals surface area contributed by atoms with Gasteiger partial charge in [0.2, 0.25) is 0 Å². The van der Waals surface area contributed by atoms with Crippen molar-refractivity contribution in [3.63, 3.8) is 0 Å². The maximum absolute atomic E-state index is 10.6. The Morgan fingerprint density at radius 3 is 2.48 bits per heavy atom. The van der Waals surface area contributed by atoms with E-state index >= 15 is 0 Å². The van der Waals surface area contributed by atoms with Gasteiger partial charge in [-0.1, -0.05) is 24.3 Å². The minimum Gasteiger partial charge on any atom is -0.550 e. The third-order valence-corrected chi connectivity index (χ3v) is 4.47. The summed E-state index contributed by atoms with van der Waals surface area (Å²) in [6.07, 6.45) is -0.125. The van der Waals surface area contributed by atoms with Crippen molar-refractivity contribution in [3.05, 3.63) is 40.9 Å². The Morgan fingerprint density at radius 1 is 1.24 bits per heavy atom. The summed E-state index contributed by atoms with van der Waals surface area (Å²) in [5, 5.41) is 13.2. The normalized spacial score (nSPS) is 11.0.